The zero-order valence-electron chi connectivity index (χ0n) is 20.4. The van der Waals surface area contributed by atoms with Crippen molar-refractivity contribution in [1.29, 1.82) is 0 Å². The van der Waals surface area contributed by atoms with E-state index in [0.29, 0.717) is 36.9 Å². The predicted molar refractivity (Wildman–Crippen MR) is 131 cm³/mol. The molecule has 0 spiro atoms. The van der Waals surface area contributed by atoms with E-state index >= 15 is 0 Å². The van der Waals surface area contributed by atoms with Crippen molar-refractivity contribution in [2.75, 3.05) is 38.2 Å². The van der Waals surface area contributed by atoms with Crippen molar-refractivity contribution in [3.05, 3.63) is 53.1 Å². The van der Waals surface area contributed by atoms with Gasteiger partial charge in [0.1, 0.15) is 23.6 Å². The van der Waals surface area contributed by atoms with Gasteiger partial charge in [-0.15, -0.1) is 0 Å². The van der Waals surface area contributed by atoms with Crippen LogP contribution in [0.5, 0.6) is 5.75 Å². The molecule has 1 amide bonds. The molecule has 2 aromatic heterocycles. The van der Waals surface area contributed by atoms with Crippen molar-refractivity contribution in [2.24, 2.45) is 0 Å². The van der Waals surface area contributed by atoms with E-state index in [9.17, 15) is 14.3 Å². The zero-order valence-corrected chi connectivity index (χ0v) is 20.4. The fourth-order valence-electron chi connectivity index (χ4n) is 5.29. The van der Waals surface area contributed by atoms with Crippen LogP contribution in [0.4, 0.5) is 10.2 Å². The number of anilines is 1. The van der Waals surface area contributed by atoms with E-state index in [1.807, 2.05) is 22.5 Å². The van der Waals surface area contributed by atoms with Crippen molar-refractivity contribution >= 4 is 17.4 Å². The highest BCUT2D eigenvalue weighted by molar-refractivity contribution is 5.77. The van der Waals surface area contributed by atoms with Crippen molar-refractivity contribution in [3.8, 4) is 5.75 Å². The Labute approximate surface area is 208 Å². The predicted octanol–water partition coefficient (Wildman–Crippen LogP) is 2.91. The first-order valence-corrected chi connectivity index (χ1v) is 12.7. The second-order valence-electron chi connectivity index (χ2n) is 10.0. The minimum Gasteiger partial charge on any atom is -0.483 e. The van der Waals surface area contributed by atoms with E-state index in [4.69, 9.17) is 14.8 Å². The Morgan fingerprint density at radius 1 is 1.11 bits per heavy atom. The first-order valence-electron chi connectivity index (χ1n) is 12.7. The van der Waals surface area contributed by atoms with Gasteiger partial charge in [-0.1, -0.05) is 6.42 Å². The van der Waals surface area contributed by atoms with Crippen molar-refractivity contribution < 1.29 is 19.0 Å². The molecule has 3 aliphatic rings. The van der Waals surface area contributed by atoms with Gasteiger partial charge in [0.2, 0.25) is 0 Å². The SMILES string of the molecule is CN1CCNC(=O)COc2ccc(F)cc2C(O)N2CCCCC2c2cc3nc(C4CC4)cc1n3n2. The van der Waals surface area contributed by atoms with Crippen LogP contribution >= 0.6 is 0 Å². The summed E-state index contributed by atoms with van der Waals surface area (Å²) in [5.74, 6) is 0.935. The number of fused-ring (bicyclic) bond motifs is 4. The molecule has 2 fully saturated rings. The van der Waals surface area contributed by atoms with E-state index < -0.39 is 12.0 Å². The van der Waals surface area contributed by atoms with Crippen LogP contribution in [0, 0.1) is 5.82 Å². The van der Waals surface area contributed by atoms with E-state index in [1.165, 1.54) is 18.2 Å². The first-order chi connectivity index (χ1) is 17.5. The van der Waals surface area contributed by atoms with Crippen LogP contribution in [0.1, 0.15) is 67.2 Å². The second kappa shape index (κ2) is 9.33. The average molecular weight is 495 g/mol. The van der Waals surface area contributed by atoms with Crippen molar-refractivity contribution in [2.45, 2.75) is 50.3 Å². The standard InChI is InChI=1S/C26H31FN6O3/c1-31-11-9-28-24(34)15-36-22-8-7-17(27)12-18(22)26(35)32-10-3-2-4-21(32)20-13-23-29-19(16-5-6-16)14-25(31)33(23)30-20/h7-8,12-14,16,21,26,35H,2-6,9-11,15H2,1H3,(H,28,34). The monoisotopic (exact) mass is 494 g/mol. The molecule has 4 heterocycles. The highest BCUT2D eigenvalue weighted by Crippen LogP contribution is 2.42. The molecule has 0 radical (unpaired) electrons. The number of carbonyl (C=O) groups is 1. The summed E-state index contributed by atoms with van der Waals surface area (Å²) in [5.41, 5.74) is 2.98. The van der Waals surface area contributed by atoms with Crippen LogP contribution in [0.15, 0.2) is 30.3 Å². The molecule has 2 atom stereocenters. The lowest BCUT2D eigenvalue weighted by Gasteiger charge is -2.38. The number of nitrogens with zero attached hydrogens (tertiary/aromatic N) is 5. The van der Waals surface area contributed by atoms with Gasteiger partial charge in [0.15, 0.2) is 12.3 Å². The summed E-state index contributed by atoms with van der Waals surface area (Å²) in [6.45, 7) is 1.42. The molecule has 1 saturated carbocycles. The molecule has 2 aliphatic heterocycles. The molecule has 36 heavy (non-hydrogen) atoms. The molecular weight excluding hydrogens is 463 g/mol. The normalized spacial score (nSPS) is 23.8. The summed E-state index contributed by atoms with van der Waals surface area (Å²) in [6, 6.07) is 7.98. The lowest BCUT2D eigenvalue weighted by atomic mass is 9.97. The molecule has 190 valence electrons. The third-order valence-electron chi connectivity index (χ3n) is 7.41. The molecule has 6 rings (SSSR count). The van der Waals surface area contributed by atoms with Crippen LogP contribution < -0.4 is 15.0 Å². The minimum atomic E-state index is -1.11. The number of piperidine rings is 1. The smallest absolute Gasteiger partial charge is 0.258 e. The zero-order chi connectivity index (χ0) is 24.8. The Morgan fingerprint density at radius 2 is 1.97 bits per heavy atom. The molecule has 2 bridgehead atoms. The van der Waals surface area contributed by atoms with Crippen LogP contribution in [0.3, 0.4) is 0 Å². The third kappa shape index (κ3) is 4.39. The summed E-state index contributed by atoms with van der Waals surface area (Å²) >= 11 is 0. The minimum absolute atomic E-state index is 0.162. The highest BCUT2D eigenvalue weighted by atomic mass is 19.1. The van der Waals surface area contributed by atoms with Crippen LogP contribution in [0.25, 0.3) is 5.65 Å². The van der Waals surface area contributed by atoms with Gasteiger partial charge in [-0.3, -0.25) is 9.69 Å². The number of aliphatic hydroxyl groups excluding tert-OH is 1. The Bertz CT molecular complexity index is 1290. The second-order valence-corrected chi connectivity index (χ2v) is 10.0. The van der Waals surface area contributed by atoms with Crippen molar-refractivity contribution in [3.63, 3.8) is 0 Å². The lowest BCUT2D eigenvalue weighted by molar-refractivity contribution is -0.123. The van der Waals surface area contributed by atoms with Crippen LogP contribution in [-0.4, -0.2) is 63.8 Å². The molecule has 2 unspecified atom stereocenters. The summed E-state index contributed by atoms with van der Waals surface area (Å²) < 4.78 is 21.9. The number of aliphatic hydroxyl groups is 1. The number of rotatable bonds is 1. The fraction of sp³-hybridized carbons (Fsp3) is 0.500. The Morgan fingerprint density at radius 3 is 2.81 bits per heavy atom. The molecular formula is C26H31FN6O3. The number of hydrogen-bond donors (Lipinski definition) is 2. The number of aromatic nitrogens is 3. The maximum Gasteiger partial charge on any atom is 0.258 e. The number of benzene rings is 1. The number of hydrogen-bond acceptors (Lipinski definition) is 7. The van der Waals surface area contributed by atoms with Crippen LogP contribution in [0.2, 0.25) is 0 Å². The molecule has 10 heteroatoms. The van der Waals surface area contributed by atoms with E-state index in [2.05, 4.69) is 16.3 Å². The summed E-state index contributed by atoms with van der Waals surface area (Å²) in [5, 5.41) is 19.3. The topological polar surface area (TPSA) is 95.2 Å². The molecule has 1 aromatic carbocycles. The quantitative estimate of drug-likeness (QED) is 0.537. The fourth-order valence-corrected chi connectivity index (χ4v) is 5.29. The molecule has 3 aromatic rings. The molecule has 1 aliphatic carbocycles. The van der Waals surface area contributed by atoms with E-state index in [1.54, 1.807) is 0 Å². The molecule has 1 saturated heterocycles. The number of carbonyl (C=O) groups excluding carboxylic acids is 1. The third-order valence-corrected chi connectivity index (χ3v) is 7.41. The van der Waals surface area contributed by atoms with Gasteiger partial charge in [0.05, 0.1) is 11.7 Å². The average Bonchev–Trinajstić information content (AvgIpc) is 3.65. The number of nitrogens with one attached hydrogen (secondary N) is 1. The van der Waals surface area contributed by atoms with Gasteiger partial charge < -0.3 is 20.1 Å². The Kier molecular flexibility index (Phi) is 6.00. The van der Waals surface area contributed by atoms with Gasteiger partial charge in [-0.25, -0.2) is 9.37 Å². The van der Waals surface area contributed by atoms with E-state index in [-0.39, 0.29) is 18.6 Å². The first kappa shape index (κ1) is 23.2. The lowest BCUT2D eigenvalue weighted by Crippen LogP contribution is -2.38. The number of amides is 1. The molecule has 9 nitrogen and oxygen atoms in total. The summed E-state index contributed by atoms with van der Waals surface area (Å²) in [6.07, 6.45) is 3.90. The number of halogens is 1. The van der Waals surface area contributed by atoms with Crippen LogP contribution in [-0.2, 0) is 4.79 Å². The number of likely N-dealkylation sites (N-methyl/N-ethyl adjacent to an activating group) is 1. The van der Waals surface area contributed by atoms with Gasteiger partial charge >= 0.3 is 0 Å². The Hall–Kier alpha value is -3.24. The Balaban J connectivity index is 1.47. The van der Waals surface area contributed by atoms with Gasteiger partial charge in [-0.2, -0.15) is 9.61 Å². The summed E-state index contributed by atoms with van der Waals surface area (Å²) in [4.78, 5) is 21.4. The maximum atomic E-state index is 14.3. The van der Waals surface area contributed by atoms with Crippen molar-refractivity contribution in [1.82, 2.24) is 24.8 Å². The number of ether oxygens (including phenoxy) is 1. The largest absolute Gasteiger partial charge is 0.483 e. The molecule has 2 N–H and O–H groups in total. The van der Waals surface area contributed by atoms with Gasteiger partial charge in [0.25, 0.3) is 5.91 Å². The van der Waals surface area contributed by atoms with E-state index in [0.717, 1.165) is 55.0 Å². The maximum absolute atomic E-state index is 14.3. The highest BCUT2D eigenvalue weighted by Gasteiger charge is 2.34. The van der Waals surface area contributed by atoms with Gasteiger partial charge in [0, 0.05) is 56.0 Å². The van der Waals surface area contributed by atoms with Gasteiger partial charge in [-0.05, 0) is 43.9 Å². The summed E-state index contributed by atoms with van der Waals surface area (Å²) in [7, 11) is 1.99.